The number of amides is 2. The Morgan fingerprint density at radius 1 is 1.03 bits per heavy atom. The number of carbonyl (C=O) groups excluding carboxylic acids is 2. The van der Waals surface area contributed by atoms with Crippen molar-refractivity contribution in [2.24, 2.45) is 23.2 Å². The molecule has 4 saturated carbocycles. The number of hydrogen-bond donors (Lipinski definition) is 1. The Morgan fingerprint density at radius 2 is 1.67 bits per heavy atom. The lowest BCUT2D eigenvalue weighted by Gasteiger charge is -2.56. The Kier molecular flexibility index (Phi) is 5.34. The smallest absolute Gasteiger partial charge is 0.292 e. The Morgan fingerprint density at radius 3 is 2.27 bits per heavy atom. The highest BCUT2D eigenvalue weighted by Crippen LogP contribution is 2.61. The van der Waals surface area contributed by atoms with Gasteiger partial charge in [-0.3, -0.25) is 9.59 Å². The third-order valence-electron chi connectivity index (χ3n) is 8.04. The van der Waals surface area contributed by atoms with Crippen LogP contribution in [0, 0.1) is 23.2 Å². The van der Waals surface area contributed by atoms with Crippen molar-refractivity contribution in [1.29, 1.82) is 0 Å². The fraction of sp³-hybridized carbons (Fsp3) is 0.680. The maximum Gasteiger partial charge on any atom is 0.292 e. The molecular formula is C25H35N2O3+. The molecular weight excluding hydrogens is 376 g/mol. The second-order valence-corrected chi connectivity index (χ2v) is 10.4. The summed E-state index contributed by atoms with van der Waals surface area (Å²) in [5.74, 6) is 3.52. The van der Waals surface area contributed by atoms with Crippen LogP contribution in [0.1, 0.15) is 64.7 Å². The van der Waals surface area contributed by atoms with E-state index >= 15 is 0 Å². The van der Waals surface area contributed by atoms with Crippen molar-refractivity contribution in [1.82, 2.24) is 0 Å². The predicted octanol–water partition coefficient (Wildman–Crippen LogP) is 3.28. The summed E-state index contributed by atoms with van der Waals surface area (Å²) >= 11 is 0. The van der Waals surface area contributed by atoms with E-state index in [0.29, 0.717) is 24.1 Å². The number of carbonyl (C=O) groups is 2. The minimum atomic E-state index is -0.262. The van der Waals surface area contributed by atoms with Gasteiger partial charge in [-0.1, -0.05) is 6.92 Å². The number of ether oxygens (including phenoxy) is 1. The lowest BCUT2D eigenvalue weighted by atomic mass is 9.49. The van der Waals surface area contributed by atoms with Gasteiger partial charge in [0.2, 0.25) is 5.91 Å². The molecule has 5 nitrogen and oxygen atoms in total. The normalized spacial score (nSPS) is 34.8. The van der Waals surface area contributed by atoms with E-state index in [1.54, 1.807) is 0 Å². The Balaban J connectivity index is 1.17. The second-order valence-electron chi connectivity index (χ2n) is 10.4. The third-order valence-corrected chi connectivity index (χ3v) is 8.04. The summed E-state index contributed by atoms with van der Waals surface area (Å²) < 4.78 is 5.61. The average molecular weight is 412 g/mol. The first-order valence-corrected chi connectivity index (χ1v) is 12.0. The molecule has 5 aliphatic rings. The Labute approximate surface area is 179 Å². The first-order chi connectivity index (χ1) is 14.5. The fourth-order valence-corrected chi connectivity index (χ4v) is 7.21. The maximum atomic E-state index is 13.0. The highest BCUT2D eigenvalue weighted by atomic mass is 16.5. The van der Waals surface area contributed by atoms with Crippen LogP contribution in [0.2, 0.25) is 0 Å². The largest absolute Gasteiger partial charge is 0.494 e. The number of benzene rings is 1. The molecule has 4 bridgehead atoms. The van der Waals surface area contributed by atoms with Crippen molar-refractivity contribution in [2.75, 3.05) is 18.1 Å². The predicted molar refractivity (Wildman–Crippen MR) is 115 cm³/mol. The molecule has 5 fully saturated rings. The summed E-state index contributed by atoms with van der Waals surface area (Å²) in [5, 5.41) is 2.15. The average Bonchev–Trinajstić information content (AvgIpc) is 2.99. The fourth-order valence-electron chi connectivity index (χ4n) is 7.21. The zero-order chi connectivity index (χ0) is 20.7. The first-order valence-electron chi connectivity index (χ1n) is 12.0. The number of imide groups is 1. The lowest BCUT2D eigenvalue weighted by Crippen LogP contribution is -2.92. The van der Waals surface area contributed by atoms with Gasteiger partial charge in [-0.25, -0.2) is 4.90 Å². The van der Waals surface area contributed by atoms with Crippen molar-refractivity contribution in [2.45, 2.75) is 70.8 Å². The number of nitrogens with zero attached hydrogens (tertiary/aromatic N) is 1. The molecule has 0 radical (unpaired) electrons. The molecule has 2 amide bonds. The van der Waals surface area contributed by atoms with Crippen LogP contribution in [0.15, 0.2) is 24.3 Å². The van der Waals surface area contributed by atoms with Crippen LogP contribution in [0.3, 0.4) is 0 Å². The van der Waals surface area contributed by atoms with Gasteiger partial charge in [0.05, 0.1) is 25.3 Å². The molecule has 0 unspecified atom stereocenters. The van der Waals surface area contributed by atoms with E-state index in [-0.39, 0.29) is 17.9 Å². The molecule has 0 aromatic heterocycles. The van der Waals surface area contributed by atoms with Gasteiger partial charge in [-0.2, -0.15) is 0 Å². The summed E-state index contributed by atoms with van der Waals surface area (Å²) in [5.41, 5.74) is 1.19. The zero-order valence-corrected chi connectivity index (χ0v) is 18.1. The molecule has 1 aliphatic heterocycles. The van der Waals surface area contributed by atoms with Crippen molar-refractivity contribution in [3.05, 3.63) is 24.3 Å². The van der Waals surface area contributed by atoms with E-state index < -0.39 is 0 Å². The number of nitrogens with two attached hydrogens (primary N) is 1. The molecule has 4 aliphatic carbocycles. The molecule has 1 atom stereocenters. The SMILES string of the molecule is CCCOc1ccc(N2C(=O)C[C@H]([NH2+]CCC34CC5CC(CC(C5)C3)C4)C2=O)cc1. The van der Waals surface area contributed by atoms with Gasteiger partial charge in [0, 0.05) is 6.42 Å². The summed E-state index contributed by atoms with van der Waals surface area (Å²) in [4.78, 5) is 26.9. The molecule has 1 saturated heterocycles. The van der Waals surface area contributed by atoms with Crippen molar-refractivity contribution < 1.29 is 19.6 Å². The van der Waals surface area contributed by atoms with Gasteiger partial charge in [0.1, 0.15) is 5.75 Å². The molecule has 162 valence electrons. The van der Waals surface area contributed by atoms with Gasteiger partial charge in [-0.05, 0) is 92.4 Å². The summed E-state index contributed by atoms with van der Waals surface area (Å²) in [6.45, 7) is 3.70. The number of quaternary nitrogens is 1. The molecule has 30 heavy (non-hydrogen) atoms. The Hall–Kier alpha value is -1.88. The molecule has 0 spiro atoms. The number of rotatable bonds is 8. The van der Waals surface area contributed by atoms with E-state index in [1.807, 2.05) is 24.3 Å². The highest BCUT2D eigenvalue weighted by Gasteiger charge is 2.51. The standard InChI is InChI=1S/C25H34N2O3/c1-2-9-30-21-5-3-20(4-6-21)27-23(28)13-22(24(27)29)26-8-7-25-14-17-10-18(15-25)12-19(11-17)16-25/h3-6,17-19,22,26H,2,7-16H2,1H3/p+1/t17?,18?,19?,22-,25?/m0/s1. The van der Waals surface area contributed by atoms with Crippen molar-refractivity contribution in [3.8, 4) is 5.75 Å². The van der Waals surface area contributed by atoms with Gasteiger partial charge < -0.3 is 10.1 Å². The van der Waals surface area contributed by atoms with Gasteiger partial charge >= 0.3 is 0 Å². The third kappa shape index (κ3) is 3.77. The van der Waals surface area contributed by atoms with Crippen LogP contribution in [-0.2, 0) is 9.59 Å². The highest BCUT2D eigenvalue weighted by molar-refractivity contribution is 6.21. The Bertz CT molecular complexity index is 768. The van der Waals surface area contributed by atoms with Gasteiger partial charge in [0.25, 0.3) is 5.91 Å². The van der Waals surface area contributed by atoms with E-state index in [9.17, 15) is 9.59 Å². The van der Waals surface area contributed by atoms with E-state index in [1.165, 1.54) is 49.8 Å². The monoisotopic (exact) mass is 411 g/mol. The second kappa shape index (κ2) is 7.99. The van der Waals surface area contributed by atoms with Crippen LogP contribution in [-0.4, -0.2) is 31.0 Å². The first kappa shape index (κ1) is 20.0. The number of anilines is 1. The molecule has 2 N–H and O–H groups in total. The molecule has 5 heteroatoms. The molecule has 1 aromatic rings. The van der Waals surface area contributed by atoms with E-state index in [2.05, 4.69) is 12.2 Å². The molecule has 6 rings (SSSR count). The van der Waals surface area contributed by atoms with E-state index in [0.717, 1.165) is 36.5 Å². The molecule has 1 heterocycles. The van der Waals surface area contributed by atoms with Crippen LogP contribution in [0.5, 0.6) is 5.75 Å². The van der Waals surface area contributed by atoms with Crippen LogP contribution < -0.4 is 15.0 Å². The molecule has 1 aromatic carbocycles. The number of hydrogen-bond acceptors (Lipinski definition) is 3. The van der Waals surface area contributed by atoms with Crippen molar-refractivity contribution in [3.63, 3.8) is 0 Å². The minimum Gasteiger partial charge on any atom is -0.494 e. The van der Waals surface area contributed by atoms with Crippen LogP contribution in [0.25, 0.3) is 0 Å². The minimum absolute atomic E-state index is 0.0623. The topological polar surface area (TPSA) is 63.2 Å². The lowest BCUT2D eigenvalue weighted by molar-refractivity contribution is -0.676. The van der Waals surface area contributed by atoms with E-state index in [4.69, 9.17) is 4.74 Å². The van der Waals surface area contributed by atoms with Gasteiger partial charge in [-0.15, -0.1) is 0 Å². The maximum absolute atomic E-state index is 13.0. The van der Waals surface area contributed by atoms with Gasteiger partial charge in [0.15, 0.2) is 6.04 Å². The summed E-state index contributed by atoms with van der Waals surface area (Å²) in [6, 6.07) is 7.06. The summed E-state index contributed by atoms with van der Waals surface area (Å²) in [6.07, 6.45) is 11.1. The zero-order valence-electron chi connectivity index (χ0n) is 18.1. The quantitative estimate of drug-likeness (QED) is 0.668. The van der Waals surface area contributed by atoms with Crippen LogP contribution in [0.4, 0.5) is 5.69 Å². The summed E-state index contributed by atoms with van der Waals surface area (Å²) in [7, 11) is 0. The van der Waals surface area contributed by atoms with Crippen LogP contribution >= 0.6 is 0 Å². The van der Waals surface area contributed by atoms with Crippen molar-refractivity contribution >= 4 is 17.5 Å².